The van der Waals surface area contributed by atoms with Gasteiger partial charge >= 0.3 is 0 Å². The third kappa shape index (κ3) is 3.49. The molecule has 0 saturated heterocycles. The number of aromatic nitrogens is 2. The molecule has 0 spiro atoms. The van der Waals surface area contributed by atoms with E-state index in [-0.39, 0.29) is 16.4 Å². The molecule has 1 amide bonds. The Morgan fingerprint density at radius 3 is 2.57 bits per heavy atom. The van der Waals surface area contributed by atoms with Crippen molar-refractivity contribution in [2.24, 2.45) is 7.05 Å². The van der Waals surface area contributed by atoms with Crippen LogP contribution in [-0.4, -0.2) is 42.3 Å². The molecule has 1 aromatic carbocycles. The van der Waals surface area contributed by atoms with Gasteiger partial charge in [-0.3, -0.25) is 9.48 Å². The first-order valence-electron chi connectivity index (χ1n) is 6.31. The summed E-state index contributed by atoms with van der Waals surface area (Å²) in [6.45, 7) is 0.366. The summed E-state index contributed by atoms with van der Waals surface area (Å²) in [5.41, 5.74) is 1.07. The standard InChI is InChI=1S/C14H17N3O3S/c1-16(9-11-8-15-17(2)10-11)14(18)12-6-4-5-7-13(12)21(3,19)20/h4-8,10H,9H2,1-3H3. The third-order valence-electron chi connectivity index (χ3n) is 3.04. The zero-order valence-corrected chi connectivity index (χ0v) is 13.0. The van der Waals surface area contributed by atoms with Crippen molar-refractivity contribution in [1.29, 1.82) is 0 Å². The number of carbonyl (C=O) groups excluding carboxylic acids is 1. The number of rotatable bonds is 4. The van der Waals surface area contributed by atoms with E-state index in [1.54, 1.807) is 37.1 Å². The minimum atomic E-state index is -3.44. The second-order valence-electron chi connectivity index (χ2n) is 4.95. The normalized spacial score (nSPS) is 11.4. The maximum Gasteiger partial charge on any atom is 0.255 e. The van der Waals surface area contributed by atoms with Crippen LogP contribution in [0.4, 0.5) is 0 Å². The van der Waals surface area contributed by atoms with Crippen LogP contribution in [0.15, 0.2) is 41.6 Å². The van der Waals surface area contributed by atoms with Crippen molar-refractivity contribution in [3.8, 4) is 0 Å². The van der Waals surface area contributed by atoms with Crippen LogP contribution in [0, 0.1) is 0 Å². The molecule has 7 heteroatoms. The molecule has 6 nitrogen and oxygen atoms in total. The zero-order chi connectivity index (χ0) is 15.6. The van der Waals surface area contributed by atoms with Crippen molar-refractivity contribution in [3.05, 3.63) is 47.8 Å². The Balaban J connectivity index is 2.28. The quantitative estimate of drug-likeness (QED) is 0.848. The van der Waals surface area contributed by atoms with Gasteiger partial charge in [0.25, 0.3) is 5.91 Å². The number of carbonyl (C=O) groups is 1. The van der Waals surface area contributed by atoms with E-state index in [2.05, 4.69) is 5.10 Å². The Hall–Kier alpha value is -2.15. The molecule has 1 aromatic heterocycles. The topological polar surface area (TPSA) is 72.3 Å². The SMILES string of the molecule is CN(Cc1cnn(C)c1)C(=O)c1ccccc1S(C)(=O)=O. The highest BCUT2D eigenvalue weighted by Gasteiger charge is 2.21. The molecule has 112 valence electrons. The lowest BCUT2D eigenvalue weighted by Crippen LogP contribution is -2.27. The summed E-state index contributed by atoms with van der Waals surface area (Å²) in [6, 6.07) is 6.23. The highest BCUT2D eigenvalue weighted by atomic mass is 32.2. The summed E-state index contributed by atoms with van der Waals surface area (Å²) in [7, 11) is -0.0155. The molecular weight excluding hydrogens is 290 g/mol. The van der Waals surface area contributed by atoms with Gasteiger partial charge in [0, 0.05) is 38.7 Å². The van der Waals surface area contributed by atoms with Gasteiger partial charge in [0.05, 0.1) is 16.7 Å². The van der Waals surface area contributed by atoms with Gasteiger partial charge in [0.2, 0.25) is 0 Å². The van der Waals surface area contributed by atoms with Crippen LogP contribution in [0.2, 0.25) is 0 Å². The number of nitrogens with zero attached hydrogens (tertiary/aromatic N) is 3. The molecule has 2 rings (SSSR count). The number of benzene rings is 1. The van der Waals surface area contributed by atoms with E-state index in [9.17, 15) is 13.2 Å². The van der Waals surface area contributed by atoms with Gasteiger partial charge in [-0.25, -0.2) is 8.42 Å². The first kappa shape index (κ1) is 15.2. The Kier molecular flexibility index (Phi) is 4.13. The molecule has 0 saturated carbocycles. The molecule has 0 bridgehead atoms. The monoisotopic (exact) mass is 307 g/mol. The second-order valence-corrected chi connectivity index (χ2v) is 6.94. The van der Waals surface area contributed by atoms with Crippen molar-refractivity contribution in [2.45, 2.75) is 11.4 Å². The van der Waals surface area contributed by atoms with Gasteiger partial charge in [-0.15, -0.1) is 0 Å². The third-order valence-corrected chi connectivity index (χ3v) is 4.20. The Labute approximate surface area is 123 Å². The molecule has 2 aromatic rings. The summed E-state index contributed by atoms with van der Waals surface area (Å²) < 4.78 is 25.2. The van der Waals surface area contributed by atoms with Crippen molar-refractivity contribution < 1.29 is 13.2 Å². The predicted molar refractivity (Wildman–Crippen MR) is 78.6 cm³/mol. The van der Waals surface area contributed by atoms with Crippen molar-refractivity contribution in [2.75, 3.05) is 13.3 Å². The van der Waals surface area contributed by atoms with Gasteiger partial charge in [0.1, 0.15) is 0 Å². The maximum atomic E-state index is 12.5. The Morgan fingerprint density at radius 2 is 2.00 bits per heavy atom. The number of amides is 1. The van der Waals surface area contributed by atoms with E-state index >= 15 is 0 Å². The second kappa shape index (κ2) is 5.69. The number of hydrogen-bond acceptors (Lipinski definition) is 4. The number of hydrogen-bond donors (Lipinski definition) is 0. The van der Waals surface area contributed by atoms with Gasteiger partial charge in [-0.05, 0) is 12.1 Å². The lowest BCUT2D eigenvalue weighted by atomic mass is 10.2. The first-order chi connectivity index (χ1) is 9.79. The number of aryl methyl sites for hydroxylation is 1. The summed E-state index contributed by atoms with van der Waals surface area (Å²) in [5, 5.41) is 4.04. The van der Waals surface area contributed by atoms with Crippen LogP contribution in [0.3, 0.4) is 0 Å². The highest BCUT2D eigenvalue weighted by Crippen LogP contribution is 2.17. The van der Waals surface area contributed by atoms with E-state index in [0.29, 0.717) is 6.54 Å². The van der Waals surface area contributed by atoms with E-state index in [1.165, 1.54) is 17.0 Å². The van der Waals surface area contributed by atoms with E-state index < -0.39 is 9.84 Å². The Bertz CT molecular complexity index is 765. The van der Waals surface area contributed by atoms with Gasteiger partial charge in [-0.2, -0.15) is 5.10 Å². The minimum absolute atomic E-state index is 0.0491. The fraction of sp³-hybridized carbons (Fsp3) is 0.286. The predicted octanol–water partition coefficient (Wildman–Crippen LogP) is 1.10. The summed E-state index contributed by atoms with van der Waals surface area (Å²) in [4.78, 5) is 14.0. The summed E-state index contributed by atoms with van der Waals surface area (Å²) in [6.07, 6.45) is 4.58. The molecule has 0 fully saturated rings. The van der Waals surface area contributed by atoms with Crippen molar-refractivity contribution in [1.82, 2.24) is 14.7 Å². The number of sulfone groups is 1. The largest absolute Gasteiger partial charge is 0.337 e. The van der Waals surface area contributed by atoms with E-state index in [0.717, 1.165) is 11.8 Å². The molecule has 0 aliphatic rings. The Morgan fingerprint density at radius 1 is 1.33 bits per heavy atom. The molecule has 0 N–H and O–H groups in total. The minimum Gasteiger partial charge on any atom is -0.337 e. The molecule has 0 aliphatic heterocycles. The van der Waals surface area contributed by atoms with Crippen molar-refractivity contribution >= 4 is 15.7 Å². The summed E-state index contributed by atoms with van der Waals surface area (Å²) >= 11 is 0. The molecule has 0 radical (unpaired) electrons. The first-order valence-corrected chi connectivity index (χ1v) is 8.20. The van der Waals surface area contributed by atoms with Crippen molar-refractivity contribution in [3.63, 3.8) is 0 Å². The highest BCUT2D eigenvalue weighted by molar-refractivity contribution is 7.90. The van der Waals surface area contributed by atoms with Gasteiger partial charge < -0.3 is 4.90 Å². The molecule has 0 unspecified atom stereocenters. The summed E-state index contributed by atoms with van der Waals surface area (Å²) in [5.74, 6) is -0.333. The van der Waals surface area contributed by atoms with Crippen LogP contribution in [-0.2, 0) is 23.4 Å². The lowest BCUT2D eigenvalue weighted by Gasteiger charge is -2.17. The lowest BCUT2D eigenvalue weighted by molar-refractivity contribution is 0.0781. The van der Waals surface area contributed by atoms with Gasteiger partial charge in [-0.1, -0.05) is 12.1 Å². The zero-order valence-electron chi connectivity index (χ0n) is 12.1. The van der Waals surface area contributed by atoms with Crippen LogP contribution in [0.5, 0.6) is 0 Å². The smallest absolute Gasteiger partial charge is 0.255 e. The van der Waals surface area contributed by atoms with Crippen LogP contribution < -0.4 is 0 Å². The van der Waals surface area contributed by atoms with Crippen LogP contribution in [0.25, 0.3) is 0 Å². The van der Waals surface area contributed by atoms with Crippen LogP contribution in [0.1, 0.15) is 15.9 Å². The van der Waals surface area contributed by atoms with E-state index in [4.69, 9.17) is 0 Å². The molecule has 0 atom stereocenters. The average Bonchev–Trinajstić information content (AvgIpc) is 2.82. The fourth-order valence-electron chi connectivity index (χ4n) is 2.07. The van der Waals surface area contributed by atoms with Crippen LogP contribution >= 0.6 is 0 Å². The molecule has 0 aliphatic carbocycles. The molecule has 21 heavy (non-hydrogen) atoms. The maximum absolute atomic E-state index is 12.5. The molecule has 1 heterocycles. The molecular formula is C14H17N3O3S. The average molecular weight is 307 g/mol. The van der Waals surface area contributed by atoms with E-state index in [1.807, 2.05) is 6.20 Å². The fourth-order valence-corrected chi connectivity index (χ4v) is 2.95. The van der Waals surface area contributed by atoms with Gasteiger partial charge in [0.15, 0.2) is 9.84 Å².